The number of rotatable bonds is 3. The van der Waals surface area contributed by atoms with Crippen LogP contribution in [0.15, 0.2) is 0 Å². The molecule has 0 bridgehead atoms. The summed E-state index contributed by atoms with van der Waals surface area (Å²) in [4.78, 5) is 12.3. The average molecular weight is 196 g/mol. The van der Waals surface area contributed by atoms with Crippen molar-refractivity contribution in [1.82, 2.24) is 0 Å². The zero-order valence-corrected chi connectivity index (χ0v) is 12.6. The van der Waals surface area contributed by atoms with E-state index in [4.69, 9.17) is 0 Å². The Morgan fingerprint density at radius 3 is 0.917 bits per heavy atom. The molecule has 12 heavy (non-hydrogen) atoms. The van der Waals surface area contributed by atoms with Gasteiger partial charge in [0.05, 0.1) is 0 Å². The minimum atomic E-state index is -2.23. The Labute approximate surface area is 100 Å². The topological polar surface area (TPSA) is 23.1 Å². The SMILES string of the molecule is CC(C)[Si]([O-])(C(C)C)C(C)C.[Na+]. The van der Waals surface area contributed by atoms with Gasteiger partial charge in [-0.3, -0.25) is 0 Å². The molecular weight excluding hydrogens is 175 g/mol. The van der Waals surface area contributed by atoms with Crippen molar-refractivity contribution in [1.29, 1.82) is 0 Å². The van der Waals surface area contributed by atoms with Crippen LogP contribution in [-0.4, -0.2) is 8.32 Å². The van der Waals surface area contributed by atoms with Crippen LogP contribution in [0, 0.1) is 0 Å². The molecule has 0 aromatic carbocycles. The summed E-state index contributed by atoms with van der Waals surface area (Å²) in [6.45, 7) is 12.5. The van der Waals surface area contributed by atoms with Crippen molar-refractivity contribution in [3.8, 4) is 0 Å². The van der Waals surface area contributed by atoms with Crippen molar-refractivity contribution in [3.05, 3.63) is 0 Å². The van der Waals surface area contributed by atoms with Gasteiger partial charge in [-0.2, -0.15) is 0 Å². The second kappa shape index (κ2) is 5.81. The van der Waals surface area contributed by atoms with Gasteiger partial charge in [-0.25, -0.2) is 0 Å². The molecule has 0 saturated carbocycles. The third kappa shape index (κ3) is 3.15. The van der Waals surface area contributed by atoms with Gasteiger partial charge < -0.3 is 4.80 Å². The Morgan fingerprint density at radius 1 is 0.750 bits per heavy atom. The standard InChI is InChI=1S/C9H21OSi.Na/c1-7(2)11(10,8(3)4)9(5)6;/h7-9H,1-6H3;/q-1;+1. The largest absolute Gasteiger partial charge is 1.00 e. The summed E-state index contributed by atoms with van der Waals surface area (Å²) in [6, 6.07) is 0. The predicted molar refractivity (Wildman–Crippen MR) is 51.0 cm³/mol. The fourth-order valence-corrected chi connectivity index (χ4v) is 6.00. The van der Waals surface area contributed by atoms with E-state index in [1.807, 2.05) is 0 Å². The van der Waals surface area contributed by atoms with Crippen LogP contribution in [-0.2, 0) is 0 Å². The molecule has 0 radical (unpaired) electrons. The van der Waals surface area contributed by atoms with Gasteiger partial charge in [-0.1, -0.05) is 58.2 Å². The Balaban J connectivity index is 0. The Kier molecular flexibility index (Phi) is 7.58. The average Bonchev–Trinajstić information content (AvgIpc) is 1.84. The molecule has 1 nitrogen and oxygen atoms in total. The third-order valence-electron chi connectivity index (χ3n) is 2.71. The Bertz CT molecular complexity index is 102. The smallest absolute Gasteiger partial charge is 0.858 e. The van der Waals surface area contributed by atoms with E-state index >= 15 is 0 Å². The van der Waals surface area contributed by atoms with Crippen molar-refractivity contribution in [2.45, 2.75) is 58.2 Å². The number of hydrogen-bond acceptors (Lipinski definition) is 1. The molecular formula is C9H21NaOSi. The van der Waals surface area contributed by atoms with E-state index in [2.05, 4.69) is 41.5 Å². The van der Waals surface area contributed by atoms with Crippen LogP contribution in [0.4, 0.5) is 0 Å². The molecule has 0 rings (SSSR count). The van der Waals surface area contributed by atoms with Gasteiger partial charge in [-0.15, -0.1) is 0 Å². The molecule has 0 heterocycles. The van der Waals surface area contributed by atoms with E-state index in [1.54, 1.807) is 0 Å². The first-order valence-electron chi connectivity index (χ1n) is 4.53. The van der Waals surface area contributed by atoms with E-state index in [0.29, 0.717) is 16.6 Å². The van der Waals surface area contributed by atoms with E-state index in [1.165, 1.54) is 0 Å². The number of hydrogen-bond donors (Lipinski definition) is 0. The van der Waals surface area contributed by atoms with E-state index < -0.39 is 8.32 Å². The minimum absolute atomic E-state index is 0. The van der Waals surface area contributed by atoms with Crippen LogP contribution in [0.25, 0.3) is 0 Å². The van der Waals surface area contributed by atoms with Gasteiger partial charge in [0.2, 0.25) is 0 Å². The summed E-state index contributed by atoms with van der Waals surface area (Å²) < 4.78 is 0. The summed E-state index contributed by atoms with van der Waals surface area (Å²) in [7, 11) is -2.23. The summed E-state index contributed by atoms with van der Waals surface area (Å²) in [6.07, 6.45) is 0. The molecule has 0 aromatic rings. The summed E-state index contributed by atoms with van der Waals surface area (Å²) in [5.74, 6) is 0. The van der Waals surface area contributed by atoms with Gasteiger partial charge in [-0.05, 0) is 8.32 Å². The van der Waals surface area contributed by atoms with Gasteiger partial charge >= 0.3 is 29.6 Å². The first-order valence-corrected chi connectivity index (χ1v) is 6.67. The predicted octanol–water partition coefficient (Wildman–Crippen LogP) is -0.474. The normalized spacial score (nSPS) is 12.5. The fourth-order valence-electron chi connectivity index (χ4n) is 2.00. The van der Waals surface area contributed by atoms with Crippen molar-refractivity contribution < 1.29 is 34.4 Å². The zero-order valence-electron chi connectivity index (χ0n) is 9.64. The van der Waals surface area contributed by atoms with Crippen LogP contribution in [0.1, 0.15) is 41.5 Å². The Hall–Kier alpha value is 1.18. The fraction of sp³-hybridized carbons (Fsp3) is 1.00. The molecule has 0 fully saturated rings. The van der Waals surface area contributed by atoms with E-state index in [0.717, 1.165) is 0 Å². The van der Waals surface area contributed by atoms with Crippen LogP contribution in [0.2, 0.25) is 16.6 Å². The second-order valence-corrected chi connectivity index (χ2v) is 9.49. The molecule has 0 atom stereocenters. The van der Waals surface area contributed by atoms with E-state index in [9.17, 15) is 4.80 Å². The molecule has 3 heteroatoms. The molecule has 0 aliphatic rings. The maximum absolute atomic E-state index is 12.3. The maximum Gasteiger partial charge on any atom is 1.00 e. The molecule has 0 aliphatic heterocycles. The molecule has 0 N–H and O–H groups in total. The molecule has 68 valence electrons. The second-order valence-electron chi connectivity index (χ2n) is 4.32. The molecule has 0 unspecified atom stereocenters. The van der Waals surface area contributed by atoms with Crippen LogP contribution >= 0.6 is 0 Å². The zero-order chi connectivity index (χ0) is 9.23. The first kappa shape index (κ1) is 15.6. The van der Waals surface area contributed by atoms with Crippen LogP contribution in [0.5, 0.6) is 0 Å². The molecule has 0 spiro atoms. The van der Waals surface area contributed by atoms with Gasteiger partial charge in [0.25, 0.3) is 0 Å². The third-order valence-corrected chi connectivity index (χ3v) is 8.12. The minimum Gasteiger partial charge on any atom is -0.858 e. The van der Waals surface area contributed by atoms with Gasteiger partial charge in [0, 0.05) is 0 Å². The monoisotopic (exact) mass is 196 g/mol. The molecule has 0 aliphatic carbocycles. The van der Waals surface area contributed by atoms with E-state index in [-0.39, 0.29) is 29.6 Å². The summed E-state index contributed by atoms with van der Waals surface area (Å²) in [5.41, 5.74) is 1.09. The molecule has 0 aromatic heterocycles. The van der Waals surface area contributed by atoms with Crippen molar-refractivity contribution in [2.75, 3.05) is 0 Å². The van der Waals surface area contributed by atoms with Crippen molar-refractivity contribution in [2.24, 2.45) is 0 Å². The first-order chi connectivity index (χ1) is 4.83. The summed E-state index contributed by atoms with van der Waals surface area (Å²) in [5, 5.41) is 0. The van der Waals surface area contributed by atoms with Crippen molar-refractivity contribution in [3.63, 3.8) is 0 Å². The quantitative estimate of drug-likeness (QED) is 0.560. The molecule has 0 amide bonds. The van der Waals surface area contributed by atoms with Crippen LogP contribution < -0.4 is 34.4 Å². The molecule has 0 saturated heterocycles. The Morgan fingerprint density at radius 2 is 0.917 bits per heavy atom. The summed E-state index contributed by atoms with van der Waals surface area (Å²) >= 11 is 0. The maximum atomic E-state index is 12.3. The van der Waals surface area contributed by atoms with Crippen molar-refractivity contribution >= 4 is 8.32 Å². The van der Waals surface area contributed by atoms with Gasteiger partial charge in [0.15, 0.2) is 0 Å². The van der Waals surface area contributed by atoms with Gasteiger partial charge in [0.1, 0.15) is 0 Å². The van der Waals surface area contributed by atoms with Crippen LogP contribution in [0.3, 0.4) is 0 Å².